The van der Waals surface area contributed by atoms with Gasteiger partial charge in [0.25, 0.3) is 0 Å². The molecule has 68 valence electrons. The second-order valence-corrected chi connectivity index (χ2v) is 4.71. The van der Waals surface area contributed by atoms with Gasteiger partial charge in [0.05, 0.1) is 0 Å². The van der Waals surface area contributed by atoms with Gasteiger partial charge in [-0.05, 0) is 24.8 Å². The number of rotatable bonds is 2. The molecular formula is C11H11BrO. The van der Waals surface area contributed by atoms with Gasteiger partial charge in [0.1, 0.15) is 0 Å². The summed E-state index contributed by atoms with van der Waals surface area (Å²) in [7, 11) is 0. The predicted octanol–water partition coefficient (Wildman–Crippen LogP) is 3.14. The standard InChI is InChI=1S/C11H11BrO/c1-7(13)8-2-4-9(5-3-8)10-6-11(10)12/h2-5,10-11H,6H2,1H3/t10-,11+/m0/s1. The minimum Gasteiger partial charge on any atom is -0.295 e. The lowest BCUT2D eigenvalue weighted by atomic mass is 10.1. The second kappa shape index (κ2) is 3.26. The van der Waals surface area contributed by atoms with E-state index in [1.165, 1.54) is 12.0 Å². The van der Waals surface area contributed by atoms with Crippen LogP contribution in [0, 0.1) is 0 Å². The van der Waals surface area contributed by atoms with Crippen LogP contribution in [-0.2, 0) is 0 Å². The van der Waals surface area contributed by atoms with Gasteiger partial charge in [0.15, 0.2) is 5.78 Å². The van der Waals surface area contributed by atoms with E-state index in [1.54, 1.807) is 6.92 Å². The van der Waals surface area contributed by atoms with E-state index in [1.807, 2.05) is 12.1 Å². The van der Waals surface area contributed by atoms with Crippen molar-refractivity contribution in [2.75, 3.05) is 0 Å². The molecular weight excluding hydrogens is 228 g/mol. The van der Waals surface area contributed by atoms with Crippen LogP contribution in [-0.4, -0.2) is 10.6 Å². The summed E-state index contributed by atoms with van der Waals surface area (Å²) in [5.74, 6) is 0.804. The molecule has 1 aromatic carbocycles. The molecule has 2 rings (SSSR count). The summed E-state index contributed by atoms with van der Waals surface area (Å²) in [6.45, 7) is 1.60. The summed E-state index contributed by atoms with van der Waals surface area (Å²) in [5.41, 5.74) is 2.14. The molecule has 2 heteroatoms. The van der Waals surface area contributed by atoms with Crippen molar-refractivity contribution in [3.63, 3.8) is 0 Å². The average Bonchev–Trinajstić information content (AvgIpc) is 2.83. The van der Waals surface area contributed by atoms with Gasteiger partial charge in [0.2, 0.25) is 0 Å². The minimum atomic E-state index is 0.137. The summed E-state index contributed by atoms with van der Waals surface area (Å²) in [6, 6.07) is 7.94. The van der Waals surface area contributed by atoms with E-state index in [-0.39, 0.29) is 5.78 Å². The van der Waals surface area contributed by atoms with Crippen LogP contribution in [0.3, 0.4) is 0 Å². The lowest BCUT2D eigenvalue weighted by Gasteiger charge is -1.99. The molecule has 1 saturated carbocycles. The van der Waals surface area contributed by atoms with Crippen molar-refractivity contribution in [1.82, 2.24) is 0 Å². The van der Waals surface area contributed by atoms with Gasteiger partial charge < -0.3 is 0 Å². The molecule has 0 saturated heterocycles. The molecule has 13 heavy (non-hydrogen) atoms. The maximum absolute atomic E-state index is 11.0. The number of halogens is 1. The van der Waals surface area contributed by atoms with Crippen LogP contribution < -0.4 is 0 Å². The van der Waals surface area contributed by atoms with Crippen LogP contribution in [0.4, 0.5) is 0 Å². The molecule has 0 heterocycles. The Morgan fingerprint density at radius 2 is 1.92 bits per heavy atom. The van der Waals surface area contributed by atoms with Crippen LogP contribution in [0.5, 0.6) is 0 Å². The SMILES string of the molecule is CC(=O)c1ccc([C@@H]2C[C@H]2Br)cc1. The van der Waals surface area contributed by atoms with E-state index in [0.717, 1.165) is 5.56 Å². The molecule has 1 nitrogen and oxygen atoms in total. The molecule has 0 spiro atoms. The number of carbonyl (C=O) groups is 1. The van der Waals surface area contributed by atoms with Gasteiger partial charge in [-0.25, -0.2) is 0 Å². The van der Waals surface area contributed by atoms with Crippen LogP contribution >= 0.6 is 15.9 Å². The zero-order valence-corrected chi connectivity index (χ0v) is 9.04. The Kier molecular flexibility index (Phi) is 2.24. The lowest BCUT2D eigenvalue weighted by Crippen LogP contribution is -1.91. The monoisotopic (exact) mass is 238 g/mol. The number of benzene rings is 1. The fourth-order valence-corrected chi connectivity index (χ4v) is 2.18. The van der Waals surface area contributed by atoms with Crippen LogP contribution in [0.25, 0.3) is 0 Å². The van der Waals surface area contributed by atoms with E-state index in [9.17, 15) is 4.79 Å². The van der Waals surface area contributed by atoms with E-state index in [2.05, 4.69) is 28.1 Å². The van der Waals surface area contributed by atoms with Crippen LogP contribution in [0.1, 0.15) is 35.2 Å². The predicted molar refractivity (Wildman–Crippen MR) is 56.5 cm³/mol. The molecule has 1 aliphatic rings. The fourth-order valence-electron chi connectivity index (χ4n) is 1.47. The van der Waals surface area contributed by atoms with E-state index >= 15 is 0 Å². The number of Topliss-reactive ketones (excluding diaryl/α,β-unsaturated/α-hetero) is 1. The highest BCUT2D eigenvalue weighted by Crippen LogP contribution is 2.46. The first-order valence-corrected chi connectivity index (χ1v) is 5.35. The topological polar surface area (TPSA) is 17.1 Å². The Balaban J connectivity index is 2.19. The smallest absolute Gasteiger partial charge is 0.159 e. The first kappa shape index (κ1) is 8.95. The van der Waals surface area contributed by atoms with Gasteiger partial charge in [-0.2, -0.15) is 0 Å². The molecule has 2 atom stereocenters. The van der Waals surface area contributed by atoms with Crippen molar-refractivity contribution in [3.05, 3.63) is 35.4 Å². The van der Waals surface area contributed by atoms with Crippen molar-refractivity contribution >= 4 is 21.7 Å². The molecule has 0 radical (unpaired) electrons. The first-order valence-electron chi connectivity index (χ1n) is 4.43. The highest BCUT2D eigenvalue weighted by Gasteiger charge is 2.35. The lowest BCUT2D eigenvalue weighted by molar-refractivity contribution is 0.101. The number of hydrogen-bond donors (Lipinski definition) is 0. The molecule has 1 aliphatic carbocycles. The average molecular weight is 239 g/mol. The van der Waals surface area contributed by atoms with Crippen molar-refractivity contribution in [2.24, 2.45) is 0 Å². The van der Waals surface area contributed by atoms with E-state index in [4.69, 9.17) is 0 Å². The fraction of sp³-hybridized carbons (Fsp3) is 0.364. The number of hydrogen-bond acceptors (Lipinski definition) is 1. The van der Waals surface area contributed by atoms with E-state index in [0.29, 0.717) is 10.7 Å². The quantitative estimate of drug-likeness (QED) is 0.572. The summed E-state index contributed by atoms with van der Waals surface area (Å²) in [4.78, 5) is 11.6. The van der Waals surface area contributed by atoms with Gasteiger partial charge in [0, 0.05) is 10.4 Å². The van der Waals surface area contributed by atoms with Crippen LogP contribution in [0.15, 0.2) is 24.3 Å². The summed E-state index contributed by atoms with van der Waals surface area (Å²) in [5, 5.41) is 0. The molecule has 0 amide bonds. The highest BCUT2D eigenvalue weighted by atomic mass is 79.9. The maximum atomic E-state index is 11.0. The number of alkyl halides is 1. The Morgan fingerprint density at radius 3 is 2.31 bits per heavy atom. The molecule has 0 bridgehead atoms. The van der Waals surface area contributed by atoms with Crippen molar-refractivity contribution in [2.45, 2.75) is 24.1 Å². The van der Waals surface area contributed by atoms with Crippen molar-refractivity contribution in [1.29, 1.82) is 0 Å². The number of carbonyl (C=O) groups excluding carboxylic acids is 1. The minimum absolute atomic E-state index is 0.137. The zero-order valence-electron chi connectivity index (χ0n) is 7.46. The molecule has 0 aliphatic heterocycles. The summed E-state index contributed by atoms with van der Waals surface area (Å²) >= 11 is 3.57. The van der Waals surface area contributed by atoms with Gasteiger partial charge in [-0.15, -0.1) is 0 Å². The molecule has 0 aromatic heterocycles. The molecule has 1 fully saturated rings. The van der Waals surface area contributed by atoms with Crippen molar-refractivity contribution < 1.29 is 4.79 Å². The van der Waals surface area contributed by atoms with Gasteiger partial charge in [-0.1, -0.05) is 40.2 Å². The summed E-state index contributed by atoms with van der Waals surface area (Å²) < 4.78 is 0. The third kappa shape index (κ3) is 1.83. The third-order valence-electron chi connectivity index (χ3n) is 2.46. The molecule has 0 unspecified atom stereocenters. The Labute approximate surface area is 86.3 Å². The highest BCUT2D eigenvalue weighted by molar-refractivity contribution is 9.09. The molecule has 0 N–H and O–H groups in total. The Bertz CT molecular complexity index is 328. The Hall–Kier alpha value is -0.630. The largest absolute Gasteiger partial charge is 0.295 e. The second-order valence-electron chi connectivity index (χ2n) is 3.54. The maximum Gasteiger partial charge on any atom is 0.159 e. The summed E-state index contributed by atoms with van der Waals surface area (Å²) in [6.07, 6.45) is 1.22. The van der Waals surface area contributed by atoms with E-state index < -0.39 is 0 Å². The number of ketones is 1. The first-order chi connectivity index (χ1) is 6.18. The normalized spacial score (nSPS) is 25.7. The molecule has 1 aromatic rings. The van der Waals surface area contributed by atoms with Gasteiger partial charge >= 0.3 is 0 Å². The van der Waals surface area contributed by atoms with Gasteiger partial charge in [-0.3, -0.25) is 4.79 Å². The Morgan fingerprint density at radius 1 is 1.38 bits per heavy atom. The zero-order chi connectivity index (χ0) is 9.42. The van der Waals surface area contributed by atoms with Crippen LogP contribution in [0.2, 0.25) is 0 Å². The van der Waals surface area contributed by atoms with Crippen molar-refractivity contribution in [3.8, 4) is 0 Å². The third-order valence-corrected chi connectivity index (χ3v) is 3.47.